The van der Waals surface area contributed by atoms with E-state index in [2.05, 4.69) is 10.3 Å². The number of nitrogens with one attached hydrogen (secondary N) is 1. The fourth-order valence-corrected chi connectivity index (χ4v) is 1.34. The Labute approximate surface area is 82.1 Å². The van der Waals surface area contributed by atoms with E-state index in [1.165, 1.54) is 0 Å². The van der Waals surface area contributed by atoms with Gasteiger partial charge in [-0.2, -0.15) is 4.98 Å². The van der Waals surface area contributed by atoms with Crippen LogP contribution >= 0.6 is 0 Å². The summed E-state index contributed by atoms with van der Waals surface area (Å²) in [4.78, 5) is 4.32. The van der Waals surface area contributed by atoms with E-state index in [0.29, 0.717) is 19.1 Å². The van der Waals surface area contributed by atoms with Gasteiger partial charge in [-0.3, -0.25) is 0 Å². The monoisotopic (exact) mass is 191 g/mol. The van der Waals surface area contributed by atoms with Gasteiger partial charge in [0.15, 0.2) is 5.58 Å². The summed E-state index contributed by atoms with van der Waals surface area (Å²) >= 11 is 0. The van der Waals surface area contributed by atoms with Crippen molar-refractivity contribution in [3.8, 4) is 0 Å². The molecule has 14 heavy (non-hydrogen) atoms. The van der Waals surface area contributed by atoms with E-state index < -0.39 is 0 Å². The van der Waals surface area contributed by atoms with E-state index >= 15 is 0 Å². The largest absolute Gasteiger partial charge is 0.424 e. The lowest BCUT2D eigenvalue weighted by atomic mass is 10.2. The number of aromatic nitrogens is 1. The lowest BCUT2D eigenvalue weighted by molar-refractivity contribution is 0.615. The Morgan fingerprint density at radius 2 is 2.36 bits per heavy atom. The molecule has 1 aromatic heterocycles. The molecule has 0 amide bonds. The van der Waals surface area contributed by atoms with Gasteiger partial charge in [-0.05, 0) is 18.6 Å². The molecule has 0 fully saturated rings. The minimum atomic E-state index is 0.541. The number of nitrogens with zero attached hydrogens (tertiary/aromatic N) is 1. The van der Waals surface area contributed by atoms with Gasteiger partial charge in [-0.1, -0.05) is 12.1 Å². The van der Waals surface area contributed by atoms with Crippen LogP contribution in [0.25, 0.3) is 11.1 Å². The molecule has 2 aromatic rings. The summed E-state index contributed by atoms with van der Waals surface area (Å²) in [6, 6.07) is 6.41. The number of hydrogen-bond donors (Lipinski definition) is 2. The minimum Gasteiger partial charge on any atom is -0.424 e. The van der Waals surface area contributed by atoms with Gasteiger partial charge in [-0.15, -0.1) is 0 Å². The van der Waals surface area contributed by atoms with Gasteiger partial charge in [-0.25, -0.2) is 0 Å². The first-order chi connectivity index (χ1) is 6.81. The Kier molecular flexibility index (Phi) is 2.37. The van der Waals surface area contributed by atoms with Crippen molar-refractivity contribution in [2.24, 2.45) is 5.73 Å². The number of rotatable bonds is 3. The average molecular weight is 191 g/mol. The first kappa shape index (κ1) is 9.02. The summed E-state index contributed by atoms with van der Waals surface area (Å²) in [5.41, 5.74) is 8.21. The number of aryl methyl sites for hydroxylation is 1. The molecule has 74 valence electrons. The summed E-state index contributed by atoms with van der Waals surface area (Å²) in [7, 11) is 0. The van der Waals surface area contributed by atoms with E-state index in [-0.39, 0.29) is 0 Å². The third-order valence-electron chi connectivity index (χ3n) is 2.04. The van der Waals surface area contributed by atoms with Crippen LogP contribution < -0.4 is 11.1 Å². The molecule has 4 nitrogen and oxygen atoms in total. The van der Waals surface area contributed by atoms with E-state index in [4.69, 9.17) is 10.2 Å². The lowest BCUT2D eigenvalue weighted by Crippen LogP contribution is -2.13. The average Bonchev–Trinajstić information content (AvgIpc) is 2.59. The van der Waals surface area contributed by atoms with Crippen LogP contribution in [0, 0.1) is 6.92 Å². The number of para-hydroxylation sites is 1. The van der Waals surface area contributed by atoms with Crippen molar-refractivity contribution in [2.45, 2.75) is 6.92 Å². The Bertz CT molecular complexity index is 436. The van der Waals surface area contributed by atoms with Crippen LogP contribution in [0.4, 0.5) is 6.01 Å². The van der Waals surface area contributed by atoms with Crippen LogP contribution in [0.1, 0.15) is 5.56 Å². The normalized spacial score (nSPS) is 10.7. The molecule has 0 bridgehead atoms. The molecule has 3 N–H and O–H groups in total. The topological polar surface area (TPSA) is 64.1 Å². The summed E-state index contributed by atoms with van der Waals surface area (Å²) in [6.07, 6.45) is 0. The molecule has 0 unspecified atom stereocenters. The number of nitrogens with two attached hydrogens (primary N) is 1. The molecular weight excluding hydrogens is 178 g/mol. The van der Waals surface area contributed by atoms with Crippen LogP contribution in [0.15, 0.2) is 22.6 Å². The smallest absolute Gasteiger partial charge is 0.295 e. The van der Waals surface area contributed by atoms with E-state index in [1.54, 1.807) is 0 Å². The summed E-state index contributed by atoms with van der Waals surface area (Å²) in [5, 5.41) is 3.01. The highest BCUT2D eigenvalue weighted by Gasteiger charge is 2.05. The van der Waals surface area contributed by atoms with Gasteiger partial charge in [0.1, 0.15) is 5.52 Å². The number of fused-ring (bicyclic) bond motifs is 1. The van der Waals surface area contributed by atoms with Crippen molar-refractivity contribution in [3.63, 3.8) is 0 Å². The van der Waals surface area contributed by atoms with Crippen molar-refractivity contribution < 1.29 is 4.42 Å². The fraction of sp³-hybridized carbons (Fsp3) is 0.300. The second-order valence-electron chi connectivity index (χ2n) is 3.16. The SMILES string of the molecule is Cc1cccc2oc(NCCN)nc12. The van der Waals surface area contributed by atoms with E-state index in [9.17, 15) is 0 Å². The van der Waals surface area contributed by atoms with Crippen molar-refractivity contribution in [3.05, 3.63) is 23.8 Å². The quantitative estimate of drug-likeness (QED) is 0.771. The zero-order valence-corrected chi connectivity index (χ0v) is 8.08. The first-order valence-electron chi connectivity index (χ1n) is 4.61. The molecule has 1 aromatic carbocycles. The van der Waals surface area contributed by atoms with Crippen LogP contribution in [-0.4, -0.2) is 18.1 Å². The predicted molar refractivity (Wildman–Crippen MR) is 56.3 cm³/mol. The van der Waals surface area contributed by atoms with Crippen molar-refractivity contribution >= 4 is 17.1 Å². The molecule has 1 heterocycles. The van der Waals surface area contributed by atoms with E-state index in [1.807, 2.05) is 25.1 Å². The number of anilines is 1. The molecule has 0 saturated heterocycles. The van der Waals surface area contributed by atoms with Gasteiger partial charge in [0.2, 0.25) is 0 Å². The molecule has 4 heteroatoms. The van der Waals surface area contributed by atoms with Crippen molar-refractivity contribution in [1.82, 2.24) is 4.98 Å². The maximum Gasteiger partial charge on any atom is 0.295 e. The molecule has 0 saturated carbocycles. The third kappa shape index (κ3) is 1.56. The standard InChI is InChI=1S/C10H13N3O/c1-7-3-2-4-8-9(7)13-10(14-8)12-6-5-11/h2-4H,5-6,11H2,1H3,(H,12,13). The van der Waals surface area contributed by atoms with Gasteiger partial charge < -0.3 is 15.5 Å². The third-order valence-corrected chi connectivity index (χ3v) is 2.04. The highest BCUT2D eigenvalue weighted by molar-refractivity contribution is 5.77. The lowest BCUT2D eigenvalue weighted by Gasteiger charge is -1.95. The first-order valence-corrected chi connectivity index (χ1v) is 4.61. The molecule has 0 aliphatic heterocycles. The minimum absolute atomic E-state index is 0.541. The number of oxazole rings is 1. The Balaban J connectivity index is 2.36. The summed E-state index contributed by atoms with van der Waals surface area (Å²) < 4.78 is 5.47. The van der Waals surface area contributed by atoms with Crippen LogP contribution in [0.3, 0.4) is 0 Å². The van der Waals surface area contributed by atoms with Crippen LogP contribution in [-0.2, 0) is 0 Å². The molecule has 2 rings (SSSR count). The summed E-state index contributed by atoms with van der Waals surface area (Å²) in [6.45, 7) is 3.25. The number of benzene rings is 1. The van der Waals surface area contributed by atoms with Crippen molar-refractivity contribution in [1.29, 1.82) is 0 Å². The van der Waals surface area contributed by atoms with Gasteiger partial charge >= 0.3 is 0 Å². The Hall–Kier alpha value is -1.55. The highest BCUT2D eigenvalue weighted by Crippen LogP contribution is 2.21. The molecule has 0 spiro atoms. The maximum absolute atomic E-state index is 5.47. The summed E-state index contributed by atoms with van der Waals surface area (Å²) in [5.74, 6) is 0. The van der Waals surface area contributed by atoms with Gasteiger partial charge in [0, 0.05) is 13.1 Å². The maximum atomic E-state index is 5.47. The number of hydrogen-bond acceptors (Lipinski definition) is 4. The zero-order chi connectivity index (χ0) is 9.97. The Morgan fingerprint density at radius 3 is 3.07 bits per heavy atom. The van der Waals surface area contributed by atoms with Crippen LogP contribution in [0.2, 0.25) is 0 Å². The molecular formula is C10H13N3O. The van der Waals surface area contributed by atoms with Crippen LogP contribution in [0.5, 0.6) is 0 Å². The van der Waals surface area contributed by atoms with E-state index in [0.717, 1.165) is 16.7 Å². The predicted octanol–water partition coefficient (Wildman–Crippen LogP) is 1.51. The fourth-order valence-electron chi connectivity index (χ4n) is 1.34. The second kappa shape index (κ2) is 3.67. The zero-order valence-electron chi connectivity index (χ0n) is 8.08. The molecule has 0 atom stereocenters. The van der Waals surface area contributed by atoms with Gasteiger partial charge in [0.25, 0.3) is 6.01 Å². The highest BCUT2D eigenvalue weighted by atomic mass is 16.4. The molecule has 0 aliphatic carbocycles. The van der Waals surface area contributed by atoms with Gasteiger partial charge in [0.05, 0.1) is 0 Å². The second-order valence-corrected chi connectivity index (χ2v) is 3.16. The molecule has 0 radical (unpaired) electrons. The Morgan fingerprint density at radius 1 is 1.50 bits per heavy atom. The van der Waals surface area contributed by atoms with Crippen molar-refractivity contribution in [2.75, 3.05) is 18.4 Å². The molecule has 0 aliphatic rings.